The fourth-order valence-corrected chi connectivity index (χ4v) is 3.78. The Morgan fingerprint density at radius 1 is 1.17 bits per heavy atom. The summed E-state index contributed by atoms with van der Waals surface area (Å²) in [5, 5.41) is 0. The molecule has 30 heavy (non-hydrogen) atoms. The van der Waals surface area contributed by atoms with Crippen LogP contribution in [0.1, 0.15) is 46.6 Å². The van der Waals surface area contributed by atoms with Gasteiger partial charge in [0.1, 0.15) is 17.3 Å². The van der Waals surface area contributed by atoms with E-state index in [0.29, 0.717) is 42.4 Å². The van der Waals surface area contributed by atoms with E-state index in [1.54, 1.807) is 30.2 Å². The lowest BCUT2D eigenvalue weighted by Gasteiger charge is -2.22. The molecule has 0 N–H and O–H groups in total. The number of benzene rings is 1. The van der Waals surface area contributed by atoms with Crippen LogP contribution in [0.5, 0.6) is 0 Å². The number of halogens is 3. The predicted molar refractivity (Wildman–Crippen MR) is 107 cm³/mol. The fourth-order valence-electron chi connectivity index (χ4n) is 3.78. The number of fused-ring (bicyclic) bond motifs is 3. The first-order valence-electron chi connectivity index (χ1n) is 9.66. The van der Waals surface area contributed by atoms with E-state index in [-0.39, 0.29) is 17.4 Å². The minimum Gasteiger partial charge on any atom is -0.366 e. The van der Waals surface area contributed by atoms with Crippen molar-refractivity contribution in [2.45, 2.75) is 32.1 Å². The van der Waals surface area contributed by atoms with Gasteiger partial charge in [-0.25, -0.2) is 18.2 Å². The largest absolute Gasteiger partial charge is 0.366 e. The molecule has 1 atom stereocenters. The highest BCUT2D eigenvalue weighted by Gasteiger charge is 2.27. The summed E-state index contributed by atoms with van der Waals surface area (Å²) in [4.78, 5) is 22.9. The zero-order chi connectivity index (χ0) is 21.6. The SMILES string of the molecule is CC(=NC(=O)c1ccn2c3c(nc2c1)CC(c1cc(F)c(F)cc1F)CC3)N(C)C. The van der Waals surface area contributed by atoms with E-state index in [2.05, 4.69) is 9.98 Å². The van der Waals surface area contributed by atoms with Crippen LogP contribution in [0.3, 0.4) is 0 Å². The third kappa shape index (κ3) is 3.58. The summed E-state index contributed by atoms with van der Waals surface area (Å²) in [6.45, 7) is 1.75. The molecule has 2 aromatic heterocycles. The number of carbonyl (C=O) groups is 1. The Labute approximate surface area is 171 Å². The first-order chi connectivity index (χ1) is 14.2. The summed E-state index contributed by atoms with van der Waals surface area (Å²) < 4.78 is 43.0. The average molecular weight is 414 g/mol. The van der Waals surface area contributed by atoms with Crippen LogP contribution in [0.4, 0.5) is 13.2 Å². The van der Waals surface area contributed by atoms with Gasteiger partial charge in [-0.3, -0.25) is 4.79 Å². The van der Waals surface area contributed by atoms with Crippen LogP contribution in [0.2, 0.25) is 0 Å². The zero-order valence-corrected chi connectivity index (χ0v) is 16.9. The lowest BCUT2D eigenvalue weighted by Crippen LogP contribution is -2.19. The van der Waals surface area contributed by atoms with Gasteiger partial charge in [-0.05, 0) is 55.9 Å². The Morgan fingerprint density at radius 3 is 2.63 bits per heavy atom. The third-order valence-corrected chi connectivity index (χ3v) is 5.61. The number of nitrogens with zero attached hydrogens (tertiary/aromatic N) is 4. The van der Waals surface area contributed by atoms with Crippen molar-refractivity contribution in [1.82, 2.24) is 14.3 Å². The highest BCUT2D eigenvalue weighted by molar-refractivity contribution is 6.03. The maximum absolute atomic E-state index is 14.2. The van der Waals surface area contributed by atoms with E-state index >= 15 is 0 Å². The van der Waals surface area contributed by atoms with E-state index in [1.165, 1.54) is 0 Å². The van der Waals surface area contributed by atoms with Crippen molar-refractivity contribution in [3.63, 3.8) is 0 Å². The second-order valence-corrected chi connectivity index (χ2v) is 7.73. The zero-order valence-electron chi connectivity index (χ0n) is 16.9. The van der Waals surface area contributed by atoms with Crippen LogP contribution in [0.25, 0.3) is 5.65 Å². The van der Waals surface area contributed by atoms with Gasteiger partial charge in [0.25, 0.3) is 5.91 Å². The second kappa shape index (κ2) is 7.59. The Hall–Kier alpha value is -3.16. The van der Waals surface area contributed by atoms with Crippen LogP contribution < -0.4 is 0 Å². The molecule has 4 rings (SSSR count). The molecule has 156 valence electrons. The Morgan fingerprint density at radius 2 is 1.90 bits per heavy atom. The standard InChI is InChI=1S/C22H21F3N4O/c1-12(28(2)3)26-22(30)14-6-7-29-20-5-4-13(8-19(20)27-21(29)9-14)15-10-17(24)18(25)11-16(15)23/h6-7,9-11,13H,4-5,8H2,1-3H3. The monoisotopic (exact) mass is 414 g/mol. The van der Waals surface area contributed by atoms with Crippen LogP contribution in [0, 0.1) is 17.5 Å². The molecule has 0 saturated heterocycles. The van der Waals surface area contributed by atoms with Gasteiger partial charge in [0.15, 0.2) is 11.6 Å². The van der Waals surface area contributed by atoms with E-state index < -0.39 is 17.5 Å². The highest BCUT2D eigenvalue weighted by Crippen LogP contribution is 2.35. The number of aryl methyl sites for hydroxylation is 1. The minimum atomic E-state index is -1.19. The maximum Gasteiger partial charge on any atom is 0.278 e. The molecule has 0 spiro atoms. The molecule has 0 radical (unpaired) electrons. The molecule has 8 heteroatoms. The van der Waals surface area contributed by atoms with Crippen LogP contribution in [-0.4, -0.2) is 40.1 Å². The maximum atomic E-state index is 14.2. The summed E-state index contributed by atoms with van der Waals surface area (Å²) in [6, 6.07) is 4.92. The number of aliphatic imine (C=N–C) groups is 1. The van der Waals surface area contributed by atoms with E-state index in [0.717, 1.165) is 17.5 Å². The Bertz CT molecular complexity index is 1180. The molecular formula is C22H21F3N4O. The number of aromatic nitrogens is 2. The topological polar surface area (TPSA) is 50.0 Å². The second-order valence-electron chi connectivity index (χ2n) is 7.73. The lowest BCUT2D eigenvalue weighted by atomic mass is 9.84. The fraction of sp³-hybridized carbons (Fsp3) is 0.318. The number of hydrogen-bond acceptors (Lipinski definition) is 2. The van der Waals surface area contributed by atoms with Crippen molar-refractivity contribution in [2.24, 2.45) is 4.99 Å². The smallest absolute Gasteiger partial charge is 0.278 e. The Kier molecular flexibility index (Phi) is 5.09. The van der Waals surface area contributed by atoms with Gasteiger partial charge in [0.05, 0.1) is 5.69 Å². The molecule has 1 aliphatic rings. The number of amides is 1. The van der Waals surface area contributed by atoms with Gasteiger partial charge in [-0.2, -0.15) is 4.99 Å². The van der Waals surface area contributed by atoms with Crippen LogP contribution in [-0.2, 0) is 12.8 Å². The number of amidine groups is 1. The third-order valence-electron chi connectivity index (χ3n) is 5.61. The van der Waals surface area contributed by atoms with Crippen molar-refractivity contribution in [1.29, 1.82) is 0 Å². The number of pyridine rings is 1. The normalized spacial score (nSPS) is 16.6. The molecule has 0 saturated carbocycles. The van der Waals surface area contributed by atoms with Crippen molar-refractivity contribution in [3.05, 3.63) is 70.4 Å². The molecule has 2 heterocycles. The summed E-state index contributed by atoms with van der Waals surface area (Å²) in [7, 11) is 3.62. The van der Waals surface area contributed by atoms with E-state index in [1.807, 2.05) is 18.5 Å². The minimum absolute atomic E-state index is 0.168. The predicted octanol–water partition coefficient (Wildman–Crippen LogP) is 4.14. The number of carbonyl (C=O) groups excluding carboxylic acids is 1. The molecule has 1 amide bonds. The van der Waals surface area contributed by atoms with Gasteiger partial charge in [-0.15, -0.1) is 0 Å². The number of rotatable bonds is 2. The molecule has 5 nitrogen and oxygen atoms in total. The molecular weight excluding hydrogens is 393 g/mol. The van der Waals surface area contributed by atoms with Crippen molar-refractivity contribution >= 4 is 17.4 Å². The van der Waals surface area contributed by atoms with Gasteiger partial charge in [-0.1, -0.05) is 0 Å². The summed E-state index contributed by atoms with van der Waals surface area (Å²) in [6.07, 6.45) is 3.41. The van der Waals surface area contributed by atoms with Crippen molar-refractivity contribution < 1.29 is 18.0 Å². The van der Waals surface area contributed by atoms with E-state index in [9.17, 15) is 18.0 Å². The van der Waals surface area contributed by atoms with Crippen LogP contribution >= 0.6 is 0 Å². The van der Waals surface area contributed by atoms with Crippen molar-refractivity contribution in [3.8, 4) is 0 Å². The molecule has 3 aromatic rings. The molecule has 0 fully saturated rings. The van der Waals surface area contributed by atoms with Gasteiger partial charge >= 0.3 is 0 Å². The number of imidazole rings is 1. The van der Waals surface area contributed by atoms with Crippen molar-refractivity contribution in [2.75, 3.05) is 14.1 Å². The van der Waals surface area contributed by atoms with Gasteiger partial charge in [0.2, 0.25) is 0 Å². The quantitative estimate of drug-likeness (QED) is 0.360. The highest BCUT2D eigenvalue weighted by atomic mass is 19.2. The summed E-state index contributed by atoms with van der Waals surface area (Å²) >= 11 is 0. The molecule has 1 unspecified atom stereocenters. The first-order valence-corrected chi connectivity index (χ1v) is 9.66. The summed E-state index contributed by atoms with van der Waals surface area (Å²) in [5.41, 5.74) is 2.95. The molecule has 0 aliphatic heterocycles. The first kappa shape index (κ1) is 20.1. The molecule has 1 aliphatic carbocycles. The lowest BCUT2D eigenvalue weighted by molar-refractivity contribution is 0.100. The van der Waals surface area contributed by atoms with Gasteiger partial charge in [0, 0.05) is 37.6 Å². The molecule has 1 aromatic carbocycles. The average Bonchev–Trinajstić information content (AvgIpc) is 3.07. The molecule has 0 bridgehead atoms. The number of hydrogen-bond donors (Lipinski definition) is 0. The summed E-state index contributed by atoms with van der Waals surface area (Å²) in [5.74, 6) is -3.03. The van der Waals surface area contributed by atoms with Gasteiger partial charge < -0.3 is 9.30 Å². The Balaban J connectivity index is 1.65. The van der Waals surface area contributed by atoms with Crippen LogP contribution in [0.15, 0.2) is 35.5 Å². The van der Waals surface area contributed by atoms with E-state index in [4.69, 9.17) is 0 Å².